The van der Waals surface area contributed by atoms with Crippen LogP contribution in [0, 0.1) is 0 Å². The number of ketones is 1. The molecule has 0 fully saturated rings. The minimum Gasteiger partial charge on any atom is -0.493 e. The molecular weight excluding hydrogens is 236 g/mol. The maximum Gasteiger partial charge on any atom is 0.329 e. The highest BCUT2D eigenvalue weighted by Gasteiger charge is 2.04. The van der Waals surface area contributed by atoms with E-state index in [1.54, 1.807) is 29.9 Å². The predicted molar refractivity (Wildman–Crippen MR) is 64.6 cm³/mol. The van der Waals surface area contributed by atoms with Gasteiger partial charge in [0.05, 0.1) is 13.0 Å². The lowest BCUT2D eigenvalue weighted by Gasteiger charge is -2.06. The Balaban J connectivity index is 2.40. The van der Waals surface area contributed by atoms with Gasteiger partial charge in [-0.1, -0.05) is 12.5 Å². The molecule has 6 nitrogen and oxygen atoms in total. The van der Waals surface area contributed by atoms with Gasteiger partial charge >= 0.3 is 5.97 Å². The van der Waals surface area contributed by atoms with Gasteiger partial charge in [-0.25, -0.2) is 5.84 Å². The third-order valence-corrected chi connectivity index (χ3v) is 2.25. The van der Waals surface area contributed by atoms with Gasteiger partial charge in [0, 0.05) is 12.0 Å². The minimum atomic E-state index is -0.504. The van der Waals surface area contributed by atoms with Gasteiger partial charge < -0.3 is 9.57 Å². The number of nitrogens with two attached hydrogens (primary N) is 1. The third kappa shape index (κ3) is 4.52. The smallest absolute Gasteiger partial charge is 0.329 e. The number of Topliss-reactive ketones (excluding diaryl/α,β-unsaturated/α-hetero) is 1. The van der Waals surface area contributed by atoms with Crippen molar-refractivity contribution in [1.82, 2.24) is 5.59 Å². The van der Waals surface area contributed by atoms with Gasteiger partial charge in [0.15, 0.2) is 5.78 Å². The van der Waals surface area contributed by atoms with Crippen LogP contribution in [-0.2, 0) is 9.63 Å². The van der Waals surface area contributed by atoms with Crippen LogP contribution in [0.3, 0.4) is 0 Å². The summed E-state index contributed by atoms with van der Waals surface area (Å²) in [7, 11) is 0. The fourth-order valence-electron chi connectivity index (χ4n) is 1.31. The van der Waals surface area contributed by atoms with Crippen LogP contribution in [0.1, 0.15) is 30.1 Å². The maximum absolute atomic E-state index is 11.4. The summed E-state index contributed by atoms with van der Waals surface area (Å²) in [6, 6.07) is 6.77. The molecule has 98 valence electrons. The van der Waals surface area contributed by atoms with Crippen molar-refractivity contribution in [2.24, 2.45) is 5.84 Å². The summed E-state index contributed by atoms with van der Waals surface area (Å²) in [5.74, 6) is 4.98. The molecule has 18 heavy (non-hydrogen) atoms. The molecule has 0 aliphatic carbocycles. The van der Waals surface area contributed by atoms with E-state index in [1.807, 2.05) is 6.92 Å². The molecule has 0 aliphatic rings. The number of ether oxygens (including phenoxy) is 1. The van der Waals surface area contributed by atoms with Gasteiger partial charge in [0.2, 0.25) is 0 Å². The lowest BCUT2D eigenvalue weighted by atomic mass is 10.1. The van der Waals surface area contributed by atoms with E-state index in [0.717, 1.165) is 0 Å². The standard InChI is InChI=1S/C12H16N2O4/c1-2-11(15)9-3-5-10(6-4-9)17-8-7-12(16)18-14-13/h3-6,14H,2,7-8,13H2,1H3. The van der Waals surface area contributed by atoms with Gasteiger partial charge in [-0.05, 0) is 24.3 Å². The molecule has 0 saturated carbocycles. The Hall–Kier alpha value is -1.92. The van der Waals surface area contributed by atoms with Gasteiger partial charge in [0.1, 0.15) is 5.75 Å². The molecule has 0 spiro atoms. The summed E-state index contributed by atoms with van der Waals surface area (Å²) in [5.41, 5.74) is 2.45. The van der Waals surface area contributed by atoms with Gasteiger partial charge in [0.25, 0.3) is 0 Å². The Kier molecular flexibility index (Phi) is 5.83. The molecule has 6 heteroatoms. The summed E-state index contributed by atoms with van der Waals surface area (Å²) in [4.78, 5) is 26.6. The molecule has 0 aromatic heterocycles. The highest BCUT2D eigenvalue weighted by Crippen LogP contribution is 2.13. The highest BCUT2D eigenvalue weighted by atomic mass is 16.7. The van der Waals surface area contributed by atoms with E-state index < -0.39 is 5.97 Å². The monoisotopic (exact) mass is 252 g/mol. The summed E-state index contributed by atoms with van der Waals surface area (Å²) >= 11 is 0. The lowest BCUT2D eigenvalue weighted by molar-refractivity contribution is -0.151. The van der Waals surface area contributed by atoms with E-state index >= 15 is 0 Å². The van der Waals surface area contributed by atoms with Gasteiger partial charge in [-0.3, -0.25) is 9.59 Å². The molecule has 0 atom stereocenters. The lowest BCUT2D eigenvalue weighted by Crippen LogP contribution is -2.26. The van der Waals surface area contributed by atoms with E-state index in [-0.39, 0.29) is 18.8 Å². The summed E-state index contributed by atoms with van der Waals surface area (Å²) in [6.07, 6.45) is 0.554. The van der Waals surface area contributed by atoms with Crippen molar-refractivity contribution in [3.05, 3.63) is 29.8 Å². The summed E-state index contributed by atoms with van der Waals surface area (Å²) < 4.78 is 5.31. The number of carbonyl (C=O) groups excluding carboxylic acids is 2. The van der Waals surface area contributed by atoms with E-state index in [9.17, 15) is 9.59 Å². The van der Waals surface area contributed by atoms with Crippen LogP contribution in [0.15, 0.2) is 24.3 Å². The Bertz CT molecular complexity index is 403. The zero-order valence-electron chi connectivity index (χ0n) is 10.1. The second-order valence-corrected chi connectivity index (χ2v) is 3.49. The van der Waals surface area contributed by atoms with Crippen molar-refractivity contribution in [1.29, 1.82) is 0 Å². The number of hydrogen-bond donors (Lipinski definition) is 2. The highest BCUT2D eigenvalue weighted by molar-refractivity contribution is 5.95. The van der Waals surface area contributed by atoms with Crippen molar-refractivity contribution >= 4 is 11.8 Å². The van der Waals surface area contributed by atoms with Crippen molar-refractivity contribution in [3.63, 3.8) is 0 Å². The van der Waals surface area contributed by atoms with Crippen LogP contribution in [0.5, 0.6) is 5.75 Å². The van der Waals surface area contributed by atoms with Crippen molar-refractivity contribution in [3.8, 4) is 5.75 Å². The fraction of sp³-hybridized carbons (Fsp3) is 0.333. The van der Waals surface area contributed by atoms with Crippen molar-refractivity contribution in [2.75, 3.05) is 6.61 Å². The van der Waals surface area contributed by atoms with Crippen LogP contribution >= 0.6 is 0 Å². The van der Waals surface area contributed by atoms with Crippen LogP contribution in [-0.4, -0.2) is 18.4 Å². The first kappa shape index (κ1) is 14.1. The van der Waals surface area contributed by atoms with Crippen molar-refractivity contribution < 1.29 is 19.2 Å². The van der Waals surface area contributed by atoms with Crippen LogP contribution < -0.4 is 16.2 Å². The third-order valence-electron chi connectivity index (χ3n) is 2.25. The first-order valence-corrected chi connectivity index (χ1v) is 5.58. The number of benzene rings is 1. The second kappa shape index (κ2) is 7.41. The molecule has 0 radical (unpaired) electrons. The molecule has 1 aromatic carbocycles. The molecule has 0 heterocycles. The average molecular weight is 252 g/mol. The zero-order chi connectivity index (χ0) is 13.4. The maximum atomic E-state index is 11.4. The van der Waals surface area contributed by atoms with Gasteiger partial charge in [-0.2, -0.15) is 0 Å². The summed E-state index contributed by atoms with van der Waals surface area (Å²) in [5, 5.41) is 0. The Morgan fingerprint density at radius 3 is 2.50 bits per heavy atom. The molecule has 0 bridgehead atoms. The van der Waals surface area contributed by atoms with Crippen LogP contribution in [0.4, 0.5) is 0 Å². The first-order chi connectivity index (χ1) is 8.67. The van der Waals surface area contributed by atoms with Crippen LogP contribution in [0.2, 0.25) is 0 Å². The van der Waals surface area contributed by atoms with Crippen molar-refractivity contribution in [2.45, 2.75) is 19.8 Å². The second-order valence-electron chi connectivity index (χ2n) is 3.49. The molecule has 0 amide bonds. The Morgan fingerprint density at radius 2 is 1.94 bits per heavy atom. The number of carbonyl (C=O) groups is 2. The fourth-order valence-corrected chi connectivity index (χ4v) is 1.31. The largest absolute Gasteiger partial charge is 0.493 e. The van der Waals surface area contributed by atoms with Crippen LogP contribution in [0.25, 0.3) is 0 Å². The quantitative estimate of drug-likeness (QED) is 0.427. The number of hydrogen-bond acceptors (Lipinski definition) is 6. The SMILES string of the molecule is CCC(=O)c1ccc(OCCC(=O)ONN)cc1. The Labute approximate surface area is 105 Å². The number of rotatable bonds is 7. The molecule has 1 rings (SSSR count). The number of hydrazine groups is 1. The molecular formula is C12H16N2O4. The van der Waals surface area contributed by atoms with E-state index in [4.69, 9.17) is 10.6 Å². The Morgan fingerprint density at radius 1 is 1.28 bits per heavy atom. The normalized spacial score (nSPS) is 9.89. The molecule has 0 aliphatic heterocycles. The number of nitrogens with one attached hydrogen (secondary N) is 1. The molecule has 0 unspecified atom stereocenters. The average Bonchev–Trinajstić information content (AvgIpc) is 2.39. The minimum absolute atomic E-state index is 0.0825. The zero-order valence-corrected chi connectivity index (χ0v) is 10.1. The topological polar surface area (TPSA) is 90.7 Å². The summed E-state index contributed by atoms with van der Waals surface area (Å²) in [6.45, 7) is 1.99. The van der Waals surface area contributed by atoms with E-state index in [1.165, 1.54) is 0 Å². The van der Waals surface area contributed by atoms with E-state index in [2.05, 4.69) is 4.84 Å². The van der Waals surface area contributed by atoms with E-state index in [0.29, 0.717) is 17.7 Å². The predicted octanol–water partition coefficient (Wildman–Crippen LogP) is 0.970. The molecule has 0 saturated heterocycles. The first-order valence-electron chi connectivity index (χ1n) is 5.58. The van der Waals surface area contributed by atoms with Gasteiger partial charge in [-0.15, -0.1) is 0 Å². The molecule has 1 aromatic rings. The molecule has 3 N–H and O–H groups in total.